The second-order valence-corrected chi connectivity index (χ2v) is 12.4. The summed E-state index contributed by atoms with van der Waals surface area (Å²) in [6.07, 6.45) is 6.48. The van der Waals surface area contributed by atoms with E-state index in [1.54, 1.807) is 33.5 Å². The van der Waals surface area contributed by atoms with Gasteiger partial charge in [0, 0.05) is 43.8 Å². The fourth-order valence-corrected chi connectivity index (χ4v) is 7.54. The third-order valence-corrected chi connectivity index (χ3v) is 9.92. The molecule has 0 bridgehead atoms. The van der Waals surface area contributed by atoms with Gasteiger partial charge in [-0.25, -0.2) is 13.2 Å². The molecular weight excluding hydrogens is 462 g/mol. The molecule has 2 saturated carbocycles. The van der Waals surface area contributed by atoms with Crippen molar-refractivity contribution in [1.82, 2.24) is 14.1 Å². The molecule has 1 aromatic carbocycles. The number of sulfonamides is 1. The maximum absolute atomic E-state index is 13.6. The molecule has 2 heterocycles. The van der Waals surface area contributed by atoms with Crippen LogP contribution in [0.5, 0.6) is 0 Å². The number of nitrogens with zero attached hydrogens (tertiary/aromatic N) is 3. The minimum absolute atomic E-state index is 0.0275. The largest absolute Gasteiger partial charge is 0.445 e. The molecular formula is C24H34ClN3O4S. The molecule has 4 fully saturated rings. The molecule has 2 unspecified atom stereocenters. The van der Waals surface area contributed by atoms with Crippen molar-refractivity contribution in [3.63, 3.8) is 0 Å². The van der Waals surface area contributed by atoms with E-state index in [2.05, 4.69) is 4.90 Å². The maximum Gasteiger partial charge on any atom is 0.410 e. The topological polar surface area (TPSA) is 70.2 Å². The van der Waals surface area contributed by atoms with Gasteiger partial charge in [-0.15, -0.1) is 0 Å². The third kappa shape index (κ3) is 5.34. The van der Waals surface area contributed by atoms with E-state index in [9.17, 15) is 13.2 Å². The number of hydrogen-bond donors (Lipinski definition) is 0. The van der Waals surface area contributed by atoms with Crippen LogP contribution in [-0.4, -0.2) is 80.0 Å². The minimum Gasteiger partial charge on any atom is -0.445 e. The Morgan fingerprint density at radius 3 is 2.39 bits per heavy atom. The molecule has 4 aliphatic rings. The molecule has 7 nitrogen and oxygen atoms in total. The van der Waals surface area contributed by atoms with Crippen molar-refractivity contribution in [2.75, 3.05) is 39.3 Å². The van der Waals surface area contributed by atoms with E-state index in [1.165, 1.54) is 12.8 Å². The summed E-state index contributed by atoms with van der Waals surface area (Å²) in [5.74, 6) is 1.17. The number of carbonyl (C=O) groups is 1. The molecule has 0 radical (unpaired) electrons. The Labute approximate surface area is 202 Å². The lowest BCUT2D eigenvalue weighted by Gasteiger charge is -2.35. The molecule has 0 aromatic heterocycles. The van der Waals surface area contributed by atoms with Crippen molar-refractivity contribution >= 4 is 27.7 Å². The van der Waals surface area contributed by atoms with Gasteiger partial charge in [-0.1, -0.05) is 18.0 Å². The molecule has 2 aliphatic carbocycles. The average Bonchev–Trinajstić information content (AvgIpc) is 3.54. The highest BCUT2D eigenvalue weighted by Gasteiger charge is 2.43. The Balaban J connectivity index is 1.26. The summed E-state index contributed by atoms with van der Waals surface area (Å²) in [6.45, 7) is 4.49. The molecule has 2 aliphatic heterocycles. The first-order valence-electron chi connectivity index (χ1n) is 12.4. The zero-order chi connectivity index (χ0) is 23.0. The monoisotopic (exact) mass is 495 g/mol. The van der Waals surface area contributed by atoms with Crippen molar-refractivity contribution in [1.29, 1.82) is 0 Å². The average molecular weight is 496 g/mol. The second kappa shape index (κ2) is 9.72. The van der Waals surface area contributed by atoms with E-state index in [0.717, 1.165) is 51.2 Å². The maximum atomic E-state index is 13.6. The SMILES string of the molecule is O=C(O[C@H]1CCC2CCCC2N(S(=O)(=O)c2ccc(Cl)cc2)C1)N1CCN(CC2CC2)CC1. The predicted octanol–water partition coefficient (Wildman–Crippen LogP) is 3.83. The lowest BCUT2D eigenvalue weighted by atomic mass is 9.98. The van der Waals surface area contributed by atoms with Crippen LogP contribution >= 0.6 is 11.6 Å². The van der Waals surface area contributed by atoms with Crippen molar-refractivity contribution in [3.8, 4) is 0 Å². The van der Waals surface area contributed by atoms with Gasteiger partial charge in [-0.2, -0.15) is 4.31 Å². The number of benzene rings is 1. The molecule has 9 heteroatoms. The number of fused-ring (bicyclic) bond motifs is 1. The number of carbonyl (C=O) groups excluding carboxylic acids is 1. The zero-order valence-corrected chi connectivity index (χ0v) is 20.6. The number of hydrogen-bond acceptors (Lipinski definition) is 5. The smallest absolute Gasteiger partial charge is 0.410 e. The summed E-state index contributed by atoms with van der Waals surface area (Å²) in [5, 5.41) is 0.507. The van der Waals surface area contributed by atoms with Gasteiger partial charge in [0.05, 0.1) is 11.4 Å². The predicted molar refractivity (Wildman–Crippen MR) is 127 cm³/mol. The standard InChI is InChI=1S/C24H34ClN3O4S/c25-20-7-10-22(11-8-20)33(30,31)28-17-21(9-6-19-2-1-3-23(19)28)32-24(29)27-14-12-26(13-15-27)16-18-4-5-18/h7-8,10-11,18-19,21,23H,1-6,9,12-17H2/t19?,21-,23?/m0/s1. The molecule has 2 saturated heterocycles. The molecule has 1 aromatic rings. The molecule has 1 amide bonds. The van der Waals surface area contributed by atoms with E-state index in [-0.39, 0.29) is 23.6 Å². The van der Waals surface area contributed by atoms with Crippen LogP contribution in [0.2, 0.25) is 5.02 Å². The highest BCUT2D eigenvalue weighted by atomic mass is 35.5. The van der Waals surface area contributed by atoms with Gasteiger partial charge >= 0.3 is 6.09 Å². The highest BCUT2D eigenvalue weighted by Crippen LogP contribution is 2.39. The van der Waals surface area contributed by atoms with Gasteiger partial charge in [-0.3, -0.25) is 4.90 Å². The molecule has 33 heavy (non-hydrogen) atoms. The van der Waals surface area contributed by atoms with E-state index in [0.29, 0.717) is 30.5 Å². The van der Waals surface area contributed by atoms with Gasteiger partial charge in [0.1, 0.15) is 6.10 Å². The molecule has 0 N–H and O–H groups in total. The summed E-state index contributed by atoms with van der Waals surface area (Å²) in [5.41, 5.74) is 0. The first kappa shape index (κ1) is 23.4. The van der Waals surface area contributed by atoms with Crippen LogP contribution in [0, 0.1) is 11.8 Å². The summed E-state index contributed by atoms with van der Waals surface area (Å²) >= 11 is 5.98. The van der Waals surface area contributed by atoms with Crippen molar-refractivity contribution < 1.29 is 17.9 Å². The Kier molecular flexibility index (Phi) is 6.89. The fraction of sp³-hybridized carbons (Fsp3) is 0.708. The summed E-state index contributed by atoms with van der Waals surface area (Å²) in [4.78, 5) is 17.4. The van der Waals surface area contributed by atoms with Gasteiger partial charge in [0.2, 0.25) is 10.0 Å². The quantitative estimate of drug-likeness (QED) is 0.621. The second-order valence-electron chi connectivity index (χ2n) is 10.1. The Bertz CT molecular complexity index is 945. The van der Waals surface area contributed by atoms with Crippen LogP contribution in [0.25, 0.3) is 0 Å². The highest BCUT2D eigenvalue weighted by molar-refractivity contribution is 7.89. The van der Waals surface area contributed by atoms with Crippen LogP contribution < -0.4 is 0 Å². The van der Waals surface area contributed by atoms with Crippen LogP contribution in [-0.2, 0) is 14.8 Å². The molecule has 0 spiro atoms. The van der Waals surface area contributed by atoms with Gasteiger partial charge in [0.15, 0.2) is 0 Å². The zero-order valence-electron chi connectivity index (χ0n) is 19.1. The number of amides is 1. The van der Waals surface area contributed by atoms with Crippen LogP contribution in [0.1, 0.15) is 44.9 Å². The third-order valence-electron chi connectivity index (χ3n) is 7.76. The summed E-state index contributed by atoms with van der Waals surface area (Å²) < 4.78 is 34.7. The van der Waals surface area contributed by atoms with Gasteiger partial charge in [0.25, 0.3) is 0 Å². The Hall–Kier alpha value is -1.35. The number of ether oxygens (including phenoxy) is 1. The van der Waals surface area contributed by atoms with Crippen molar-refractivity contribution in [2.45, 2.75) is 62.0 Å². The van der Waals surface area contributed by atoms with Gasteiger partial charge in [-0.05, 0) is 74.6 Å². The van der Waals surface area contributed by atoms with Crippen LogP contribution in [0.4, 0.5) is 4.79 Å². The van der Waals surface area contributed by atoms with Crippen molar-refractivity contribution in [2.24, 2.45) is 11.8 Å². The van der Waals surface area contributed by atoms with Crippen LogP contribution in [0.3, 0.4) is 0 Å². The first-order chi connectivity index (χ1) is 15.9. The van der Waals surface area contributed by atoms with Crippen molar-refractivity contribution in [3.05, 3.63) is 29.3 Å². The lowest BCUT2D eigenvalue weighted by Crippen LogP contribution is -2.50. The van der Waals surface area contributed by atoms with E-state index in [4.69, 9.17) is 16.3 Å². The van der Waals surface area contributed by atoms with E-state index >= 15 is 0 Å². The minimum atomic E-state index is -3.70. The number of rotatable bonds is 5. The molecule has 182 valence electrons. The molecule has 5 rings (SSSR count). The summed E-state index contributed by atoms with van der Waals surface area (Å²) in [6, 6.07) is 6.32. The van der Waals surface area contributed by atoms with Gasteiger partial charge < -0.3 is 9.64 Å². The number of halogens is 1. The first-order valence-corrected chi connectivity index (χ1v) is 14.2. The van der Waals surface area contributed by atoms with E-state index < -0.39 is 16.1 Å². The molecule has 3 atom stereocenters. The Morgan fingerprint density at radius 2 is 1.70 bits per heavy atom. The Morgan fingerprint density at radius 1 is 0.970 bits per heavy atom. The normalized spacial score (nSPS) is 29.5. The van der Waals surface area contributed by atoms with E-state index in [1.807, 2.05) is 0 Å². The van der Waals surface area contributed by atoms with Crippen LogP contribution in [0.15, 0.2) is 29.2 Å². The lowest BCUT2D eigenvalue weighted by molar-refractivity contribution is 0.0376. The fourth-order valence-electron chi connectivity index (χ4n) is 5.67. The summed E-state index contributed by atoms with van der Waals surface area (Å²) in [7, 11) is -3.70. The number of piperazine rings is 1.